The summed E-state index contributed by atoms with van der Waals surface area (Å²) >= 11 is 0. The van der Waals surface area contributed by atoms with Crippen LogP contribution in [-0.4, -0.2) is 16.5 Å². The van der Waals surface area contributed by atoms with Crippen molar-refractivity contribution in [3.63, 3.8) is 0 Å². The van der Waals surface area contributed by atoms with Crippen LogP contribution in [0.4, 0.5) is 0 Å². The molecular weight excluding hydrogens is 186 g/mol. The maximum atomic E-state index is 4.41. The van der Waals surface area contributed by atoms with E-state index in [2.05, 4.69) is 21.9 Å². The number of nitrogens with zero attached hydrogens (tertiary/aromatic N) is 1. The van der Waals surface area contributed by atoms with Gasteiger partial charge in [0.15, 0.2) is 0 Å². The molecule has 2 heterocycles. The van der Waals surface area contributed by atoms with E-state index in [1.54, 1.807) is 0 Å². The van der Waals surface area contributed by atoms with E-state index in [0.717, 1.165) is 23.6 Å². The Morgan fingerprint density at radius 3 is 3.13 bits per heavy atom. The van der Waals surface area contributed by atoms with Gasteiger partial charge in [0.25, 0.3) is 0 Å². The van der Waals surface area contributed by atoms with Crippen LogP contribution in [0.2, 0.25) is 0 Å². The van der Waals surface area contributed by atoms with Gasteiger partial charge in [-0.05, 0) is 31.9 Å². The van der Waals surface area contributed by atoms with E-state index in [9.17, 15) is 0 Å². The van der Waals surface area contributed by atoms with Gasteiger partial charge < -0.3 is 10.3 Å². The lowest BCUT2D eigenvalue weighted by atomic mass is 10.2. The molecule has 1 atom stereocenters. The summed E-state index contributed by atoms with van der Waals surface area (Å²) in [6.45, 7) is 6.88. The molecule has 1 aromatic rings. The zero-order valence-electron chi connectivity index (χ0n) is 9.09. The number of hydrogen-bond donors (Lipinski definition) is 2. The van der Waals surface area contributed by atoms with Crippen LogP contribution >= 0.6 is 0 Å². The molecule has 2 rings (SSSR count). The van der Waals surface area contributed by atoms with Gasteiger partial charge in [-0.25, -0.2) is 4.98 Å². The minimum absolute atomic E-state index is 0.404. The molecule has 1 aromatic heterocycles. The van der Waals surface area contributed by atoms with Crippen LogP contribution in [-0.2, 0) is 0 Å². The predicted molar refractivity (Wildman–Crippen MR) is 62.4 cm³/mol. The number of hydrogen-bond acceptors (Lipinski definition) is 2. The number of H-pyrrole nitrogens is 1. The van der Waals surface area contributed by atoms with Gasteiger partial charge in [0.1, 0.15) is 5.82 Å². The van der Waals surface area contributed by atoms with Crippen molar-refractivity contribution in [1.29, 1.82) is 0 Å². The highest BCUT2D eigenvalue weighted by Gasteiger charge is 2.18. The summed E-state index contributed by atoms with van der Waals surface area (Å²) < 4.78 is 0. The van der Waals surface area contributed by atoms with Gasteiger partial charge in [-0.15, -0.1) is 0 Å². The SMILES string of the molecule is C=C/C(=C\C)c1cnc(C2CCCN2)[nH]1. The third-order valence-corrected chi connectivity index (χ3v) is 2.83. The highest BCUT2D eigenvalue weighted by Crippen LogP contribution is 2.22. The zero-order chi connectivity index (χ0) is 10.7. The molecule has 15 heavy (non-hydrogen) atoms. The van der Waals surface area contributed by atoms with Crippen molar-refractivity contribution in [2.75, 3.05) is 6.54 Å². The first-order chi connectivity index (χ1) is 7.35. The number of rotatable bonds is 3. The number of aromatic amines is 1. The van der Waals surface area contributed by atoms with Crippen LogP contribution in [0, 0.1) is 0 Å². The topological polar surface area (TPSA) is 40.7 Å². The molecule has 0 amide bonds. The van der Waals surface area contributed by atoms with Gasteiger partial charge in [-0.2, -0.15) is 0 Å². The largest absolute Gasteiger partial charge is 0.341 e. The number of allylic oxidation sites excluding steroid dienone is 3. The van der Waals surface area contributed by atoms with Crippen molar-refractivity contribution in [2.24, 2.45) is 0 Å². The third kappa shape index (κ3) is 2.02. The predicted octanol–water partition coefficient (Wildman–Crippen LogP) is 2.42. The van der Waals surface area contributed by atoms with Gasteiger partial charge in [0.2, 0.25) is 0 Å². The maximum Gasteiger partial charge on any atom is 0.123 e. The molecule has 80 valence electrons. The molecule has 1 saturated heterocycles. The molecule has 3 nitrogen and oxygen atoms in total. The van der Waals surface area contributed by atoms with Gasteiger partial charge in [0.05, 0.1) is 17.9 Å². The fourth-order valence-electron chi connectivity index (χ4n) is 1.96. The molecule has 3 heteroatoms. The summed E-state index contributed by atoms with van der Waals surface area (Å²) in [5.41, 5.74) is 2.16. The Labute approximate surface area is 90.3 Å². The van der Waals surface area contributed by atoms with Gasteiger partial charge in [-0.3, -0.25) is 0 Å². The molecule has 1 unspecified atom stereocenters. The van der Waals surface area contributed by atoms with Crippen molar-refractivity contribution in [3.8, 4) is 0 Å². The van der Waals surface area contributed by atoms with Crippen molar-refractivity contribution in [2.45, 2.75) is 25.8 Å². The lowest BCUT2D eigenvalue weighted by Crippen LogP contribution is -2.14. The van der Waals surface area contributed by atoms with Crippen LogP contribution in [0.5, 0.6) is 0 Å². The van der Waals surface area contributed by atoms with Crippen LogP contribution in [0.25, 0.3) is 5.57 Å². The normalized spacial score (nSPS) is 21.9. The second-order valence-electron chi connectivity index (χ2n) is 3.78. The van der Waals surface area contributed by atoms with Crippen LogP contribution < -0.4 is 5.32 Å². The minimum atomic E-state index is 0.404. The Bertz CT molecular complexity index is 370. The molecule has 0 aromatic carbocycles. The average molecular weight is 203 g/mol. The molecule has 0 bridgehead atoms. The summed E-state index contributed by atoms with van der Waals surface area (Å²) in [7, 11) is 0. The Balaban J connectivity index is 2.19. The van der Waals surface area contributed by atoms with Crippen LogP contribution in [0.1, 0.15) is 37.3 Å². The van der Waals surface area contributed by atoms with E-state index >= 15 is 0 Å². The molecular formula is C12H17N3. The lowest BCUT2D eigenvalue weighted by molar-refractivity contribution is 0.612. The number of imidazole rings is 1. The van der Waals surface area contributed by atoms with E-state index in [0.29, 0.717) is 6.04 Å². The fraction of sp³-hybridized carbons (Fsp3) is 0.417. The van der Waals surface area contributed by atoms with Gasteiger partial charge in [-0.1, -0.05) is 18.7 Å². The summed E-state index contributed by atoms with van der Waals surface area (Å²) in [6, 6.07) is 0.404. The van der Waals surface area contributed by atoms with Crippen molar-refractivity contribution < 1.29 is 0 Å². The highest BCUT2D eigenvalue weighted by atomic mass is 15.0. The van der Waals surface area contributed by atoms with Crippen LogP contribution in [0.3, 0.4) is 0 Å². The van der Waals surface area contributed by atoms with E-state index in [1.165, 1.54) is 12.8 Å². The Morgan fingerprint density at radius 1 is 1.67 bits per heavy atom. The van der Waals surface area contributed by atoms with Gasteiger partial charge >= 0.3 is 0 Å². The average Bonchev–Trinajstić information content (AvgIpc) is 2.89. The van der Waals surface area contributed by atoms with E-state index in [-0.39, 0.29) is 0 Å². The molecule has 1 fully saturated rings. The summed E-state index contributed by atoms with van der Waals surface area (Å²) in [4.78, 5) is 7.75. The van der Waals surface area contributed by atoms with E-state index in [1.807, 2.05) is 25.3 Å². The van der Waals surface area contributed by atoms with Crippen molar-refractivity contribution in [1.82, 2.24) is 15.3 Å². The first-order valence-corrected chi connectivity index (χ1v) is 5.42. The molecule has 0 radical (unpaired) electrons. The Hall–Kier alpha value is -1.35. The van der Waals surface area contributed by atoms with Crippen molar-refractivity contribution in [3.05, 3.63) is 36.4 Å². The molecule has 2 N–H and O–H groups in total. The minimum Gasteiger partial charge on any atom is -0.341 e. The molecule has 0 spiro atoms. The summed E-state index contributed by atoms with van der Waals surface area (Å²) in [5, 5.41) is 3.42. The standard InChI is InChI=1S/C12H17N3/c1-3-9(4-2)11-8-14-12(15-11)10-6-5-7-13-10/h3-4,8,10,13H,1,5-7H2,2H3,(H,14,15)/b9-4+. The Kier molecular flexibility index (Phi) is 3.02. The lowest BCUT2D eigenvalue weighted by Gasteiger charge is -2.05. The van der Waals surface area contributed by atoms with E-state index < -0.39 is 0 Å². The zero-order valence-corrected chi connectivity index (χ0v) is 9.09. The first-order valence-electron chi connectivity index (χ1n) is 5.42. The summed E-state index contributed by atoms with van der Waals surface area (Å²) in [5.74, 6) is 1.05. The Morgan fingerprint density at radius 2 is 2.53 bits per heavy atom. The number of nitrogens with one attached hydrogen (secondary N) is 2. The third-order valence-electron chi connectivity index (χ3n) is 2.83. The van der Waals surface area contributed by atoms with E-state index in [4.69, 9.17) is 0 Å². The monoisotopic (exact) mass is 203 g/mol. The molecule has 0 aliphatic carbocycles. The van der Waals surface area contributed by atoms with Crippen LogP contribution in [0.15, 0.2) is 24.9 Å². The van der Waals surface area contributed by atoms with Gasteiger partial charge in [0, 0.05) is 0 Å². The maximum absolute atomic E-state index is 4.41. The highest BCUT2D eigenvalue weighted by molar-refractivity contribution is 5.70. The first kappa shape index (κ1) is 10.2. The number of aromatic nitrogens is 2. The smallest absolute Gasteiger partial charge is 0.123 e. The molecule has 0 saturated carbocycles. The summed E-state index contributed by atoms with van der Waals surface area (Å²) in [6.07, 6.45) is 8.17. The second-order valence-corrected chi connectivity index (χ2v) is 3.78. The second kappa shape index (κ2) is 4.45. The quantitative estimate of drug-likeness (QED) is 0.741. The fourth-order valence-corrected chi connectivity index (χ4v) is 1.96. The van der Waals surface area contributed by atoms with Crippen molar-refractivity contribution >= 4 is 5.57 Å². The molecule has 1 aliphatic rings. The molecule has 1 aliphatic heterocycles.